The molecule has 1 heterocycles. The van der Waals surface area contributed by atoms with Crippen LogP contribution in [-0.4, -0.2) is 310 Å². The average molecular weight is 1010 g/mol. The fourth-order valence-electron chi connectivity index (χ4n) is 5.63. The third kappa shape index (κ3) is 35.6. The highest BCUT2D eigenvalue weighted by atomic mass is 16.6. The van der Waals surface area contributed by atoms with Crippen LogP contribution in [0.2, 0.25) is 0 Å². The van der Waals surface area contributed by atoms with Gasteiger partial charge in [0.25, 0.3) is 0 Å². The summed E-state index contributed by atoms with van der Waals surface area (Å²) in [6.45, 7) is 8.18. The van der Waals surface area contributed by atoms with Crippen molar-refractivity contribution in [3.8, 4) is 0 Å². The largest absolute Gasteiger partial charge is 0.394 e. The number of rotatable bonds is 52. The molecular formula is C42H82N4O23. The molecule has 0 spiro atoms. The molecule has 0 saturated heterocycles. The van der Waals surface area contributed by atoms with E-state index >= 15 is 0 Å². The number of carbonyl (C=O) groups excluding carboxylic acids is 1. The lowest BCUT2D eigenvalue weighted by atomic mass is 10.0. The zero-order chi connectivity index (χ0) is 50.7. The summed E-state index contributed by atoms with van der Waals surface area (Å²) in [6, 6.07) is 0. The maximum atomic E-state index is 11.1. The second-order valence-corrected chi connectivity index (χ2v) is 15.3. The smallest absolute Gasteiger partial charge is 0.151 e. The first kappa shape index (κ1) is 64.9. The van der Waals surface area contributed by atoms with Crippen molar-refractivity contribution in [3.63, 3.8) is 0 Å². The first-order valence-corrected chi connectivity index (χ1v) is 23.1. The van der Waals surface area contributed by atoms with Gasteiger partial charge in [-0.2, -0.15) is 0 Å². The van der Waals surface area contributed by atoms with Gasteiger partial charge in [0.2, 0.25) is 0 Å². The number of nitrogens with zero attached hydrogens (tertiary/aromatic N) is 4. The second-order valence-electron chi connectivity index (χ2n) is 15.3. The highest BCUT2D eigenvalue weighted by molar-refractivity contribution is 5.75. The molecule has 1 rings (SSSR count). The van der Waals surface area contributed by atoms with Crippen LogP contribution in [0.3, 0.4) is 0 Å². The van der Waals surface area contributed by atoms with Crippen molar-refractivity contribution in [3.05, 3.63) is 11.9 Å². The van der Waals surface area contributed by atoms with E-state index in [9.17, 15) is 45.6 Å². The average Bonchev–Trinajstić information content (AvgIpc) is 3.79. The number of ether oxygens (including phenoxy) is 12. The zero-order valence-corrected chi connectivity index (χ0v) is 40.0. The van der Waals surface area contributed by atoms with E-state index in [1.165, 1.54) is 16.5 Å². The van der Waals surface area contributed by atoms with Gasteiger partial charge in [-0.25, -0.2) is 4.68 Å². The summed E-state index contributed by atoms with van der Waals surface area (Å²) in [5.74, 6) is 0.00353. The van der Waals surface area contributed by atoms with Crippen LogP contribution in [0.5, 0.6) is 0 Å². The van der Waals surface area contributed by atoms with Gasteiger partial charge in [0.05, 0.1) is 190 Å². The summed E-state index contributed by atoms with van der Waals surface area (Å²) in [7, 11) is 0. The van der Waals surface area contributed by atoms with E-state index in [1.54, 1.807) is 6.20 Å². The van der Waals surface area contributed by atoms with Gasteiger partial charge in [-0.1, -0.05) is 5.21 Å². The number of aliphatic hydroxyl groups is 10. The van der Waals surface area contributed by atoms with Gasteiger partial charge < -0.3 is 108 Å². The Bertz CT molecular complexity index is 1270. The minimum atomic E-state index is -1.88. The molecular weight excluding hydrogens is 928 g/mol. The normalized spacial score (nSPS) is 15.6. The standard InChI is InChI=1S/C42H82N4O23/c1-33(49)26-46-27-34(43-44-46)32-69-25-24-68-23-22-67-21-20-66-19-18-65-17-16-64-15-14-63-13-12-62-11-10-61-9-8-60-7-6-59-5-4-58-3-2-45(28-35(50)39(54)41(56)37(52)30-47)29-36(51)40(55)42(57)38(53)31-48/h27,35-42,47-48,50-57H,2-26,28-32H2,1H3/t35-,36-,37+,38+,39+,40+,41+,42+/m0/s1. The SMILES string of the molecule is CC(=O)Cn1cc(COCCOCCOCCOCCOCCOCCOCCOCCOCCOCCOCCOCCN(C[C@H](O)[C@@H](O)[C@H](O)[C@H](O)CO)C[C@H](O)[C@@H](O)[C@H](O)[C@H](O)CO)nn1. The molecule has 0 aromatic carbocycles. The van der Waals surface area contributed by atoms with Gasteiger partial charge in [0.15, 0.2) is 5.78 Å². The fourth-order valence-corrected chi connectivity index (χ4v) is 5.63. The first-order valence-electron chi connectivity index (χ1n) is 23.1. The molecule has 0 bridgehead atoms. The summed E-state index contributed by atoms with van der Waals surface area (Å²) in [4.78, 5) is 12.4. The Morgan fingerprint density at radius 1 is 0.464 bits per heavy atom. The lowest BCUT2D eigenvalue weighted by molar-refractivity contribution is -0.131. The third-order valence-electron chi connectivity index (χ3n) is 9.41. The highest BCUT2D eigenvalue weighted by Gasteiger charge is 2.34. The number of hydrogen-bond acceptors (Lipinski definition) is 26. The van der Waals surface area contributed by atoms with Crippen molar-refractivity contribution in [1.82, 2.24) is 19.9 Å². The van der Waals surface area contributed by atoms with Crippen molar-refractivity contribution in [2.75, 3.05) is 185 Å². The topological polar surface area (TPSA) is 364 Å². The molecule has 8 atom stereocenters. The van der Waals surface area contributed by atoms with Crippen LogP contribution in [0.4, 0.5) is 0 Å². The molecule has 0 unspecified atom stereocenters. The number of carbonyl (C=O) groups is 1. The zero-order valence-electron chi connectivity index (χ0n) is 40.0. The van der Waals surface area contributed by atoms with Crippen molar-refractivity contribution >= 4 is 5.78 Å². The Hall–Kier alpha value is -2.11. The van der Waals surface area contributed by atoms with E-state index in [4.69, 9.17) is 67.1 Å². The van der Waals surface area contributed by atoms with Crippen LogP contribution in [0.1, 0.15) is 12.6 Å². The molecule has 27 nitrogen and oxygen atoms in total. The molecule has 0 radical (unpaired) electrons. The molecule has 0 fully saturated rings. The van der Waals surface area contributed by atoms with Crippen molar-refractivity contribution in [1.29, 1.82) is 0 Å². The number of ketones is 1. The second kappa shape index (κ2) is 44.6. The number of aromatic nitrogens is 3. The van der Waals surface area contributed by atoms with Crippen LogP contribution < -0.4 is 0 Å². The van der Waals surface area contributed by atoms with E-state index in [0.29, 0.717) is 144 Å². The van der Waals surface area contributed by atoms with E-state index < -0.39 is 75.1 Å². The Morgan fingerprint density at radius 3 is 1.03 bits per heavy atom. The Kier molecular flexibility index (Phi) is 41.9. The summed E-state index contributed by atoms with van der Waals surface area (Å²) >= 11 is 0. The molecule has 10 N–H and O–H groups in total. The van der Waals surface area contributed by atoms with Gasteiger partial charge in [-0.05, 0) is 6.92 Å². The molecule has 408 valence electrons. The lowest BCUT2D eigenvalue weighted by Gasteiger charge is -2.33. The summed E-state index contributed by atoms with van der Waals surface area (Å²) < 4.78 is 67.2. The van der Waals surface area contributed by atoms with E-state index in [2.05, 4.69) is 10.3 Å². The Balaban J connectivity index is 1.87. The Labute approximate surface area is 403 Å². The van der Waals surface area contributed by atoms with Crippen LogP contribution >= 0.6 is 0 Å². The monoisotopic (exact) mass is 1010 g/mol. The number of Topliss-reactive ketones (excluding diaryl/α,β-unsaturated/α-hetero) is 1. The quantitative estimate of drug-likeness (QED) is 0.0271. The molecule has 0 amide bonds. The van der Waals surface area contributed by atoms with Crippen LogP contribution in [0.15, 0.2) is 6.20 Å². The maximum Gasteiger partial charge on any atom is 0.151 e. The molecule has 69 heavy (non-hydrogen) atoms. The van der Waals surface area contributed by atoms with Gasteiger partial charge >= 0.3 is 0 Å². The van der Waals surface area contributed by atoms with Gasteiger partial charge in [-0.3, -0.25) is 9.69 Å². The van der Waals surface area contributed by atoms with Gasteiger partial charge in [-0.15, -0.1) is 5.10 Å². The molecule has 1 aromatic rings. The predicted molar refractivity (Wildman–Crippen MR) is 238 cm³/mol. The molecule has 0 aliphatic rings. The highest BCUT2D eigenvalue weighted by Crippen LogP contribution is 2.11. The summed E-state index contributed by atoms with van der Waals surface area (Å²) in [6.07, 6.45) is -12.6. The minimum Gasteiger partial charge on any atom is -0.394 e. The molecule has 0 aliphatic carbocycles. The van der Waals surface area contributed by atoms with Gasteiger partial charge in [0, 0.05) is 19.6 Å². The molecule has 27 heteroatoms. The number of hydrogen-bond donors (Lipinski definition) is 10. The van der Waals surface area contributed by atoms with Gasteiger partial charge in [0.1, 0.15) is 48.9 Å². The van der Waals surface area contributed by atoms with E-state index in [1.807, 2.05) is 0 Å². The minimum absolute atomic E-state index is 0.00353. The van der Waals surface area contributed by atoms with Crippen LogP contribution in [-0.2, 0) is 74.8 Å². The van der Waals surface area contributed by atoms with Crippen molar-refractivity contribution in [2.24, 2.45) is 0 Å². The molecule has 0 saturated carbocycles. The van der Waals surface area contributed by atoms with E-state index in [-0.39, 0.29) is 38.7 Å². The third-order valence-corrected chi connectivity index (χ3v) is 9.41. The summed E-state index contributed by atoms with van der Waals surface area (Å²) in [5.41, 5.74) is 0.652. The van der Waals surface area contributed by atoms with Crippen LogP contribution in [0.25, 0.3) is 0 Å². The molecule has 0 aliphatic heterocycles. The lowest BCUT2D eigenvalue weighted by Crippen LogP contribution is -2.53. The predicted octanol–water partition coefficient (Wildman–Crippen LogP) is -6.26. The first-order chi connectivity index (χ1) is 33.4. The molecule has 1 aromatic heterocycles. The van der Waals surface area contributed by atoms with Crippen molar-refractivity contribution < 1.29 is 113 Å². The summed E-state index contributed by atoms with van der Waals surface area (Å²) in [5, 5.41) is 106. The fraction of sp³-hybridized carbons (Fsp3) is 0.929. The van der Waals surface area contributed by atoms with Crippen LogP contribution in [0, 0.1) is 0 Å². The Morgan fingerprint density at radius 2 is 0.739 bits per heavy atom. The maximum absolute atomic E-state index is 11.1. The number of aliphatic hydroxyl groups excluding tert-OH is 10. The van der Waals surface area contributed by atoms with E-state index in [0.717, 1.165) is 0 Å². The van der Waals surface area contributed by atoms with Crippen molar-refractivity contribution in [2.45, 2.75) is 68.9 Å².